The second-order valence-electron chi connectivity index (χ2n) is 3.93. The van der Waals surface area contributed by atoms with Gasteiger partial charge in [-0.1, -0.05) is 12.2 Å². The summed E-state index contributed by atoms with van der Waals surface area (Å²) in [5.74, 6) is -0.660. The standard InChI is InChI=1S/C10H15N3O3/c1-6(2)5-13(3)8(14)4-7-9(15)12-10(16)11-7/h7H,1,4-5H2,2-3H3,(H2,11,12,15,16)/t7-/m0/s1. The largest absolute Gasteiger partial charge is 0.342 e. The van der Waals surface area contributed by atoms with Gasteiger partial charge in [0.2, 0.25) is 5.91 Å². The van der Waals surface area contributed by atoms with E-state index in [-0.39, 0.29) is 12.3 Å². The van der Waals surface area contributed by atoms with Crippen molar-refractivity contribution in [3.8, 4) is 0 Å². The molecule has 0 unspecified atom stereocenters. The van der Waals surface area contributed by atoms with E-state index in [1.807, 2.05) is 6.92 Å². The van der Waals surface area contributed by atoms with Gasteiger partial charge >= 0.3 is 6.03 Å². The lowest BCUT2D eigenvalue weighted by atomic mass is 10.2. The molecular formula is C10H15N3O3. The van der Waals surface area contributed by atoms with Crippen LogP contribution >= 0.6 is 0 Å². The van der Waals surface area contributed by atoms with Crippen molar-refractivity contribution in [2.24, 2.45) is 0 Å². The smallest absolute Gasteiger partial charge is 0.322 e. The molecule has 4 amide bonds. The van der Waals surface area contributed by atoms with E-state index in [4.69, 9.17) is 0 Å². The number of nitrogens with zero attached hydrogens (tertiary/aromatic N) is 1. The van der Waals surface area contributed by atoms with Crippen LogP contribution in [0.2, 0.25) is 0 Å². The van der Waals surface area contributed by atoms with Gasteiger partial charge in [0.1, 0.15) is 6.04 Å². The van der Waals surface area contributed by atoms with E-state index < -0.39 is 18.0 Å². The van der Waals surface area contributed by atoms with E-state index >= 15 is 0 Å². The van der Waals surface area contributed by atoms with E-state index in [0.717, 1.165) is 5.57 Å². The molecule has 1 atom stereocenters. The number of likely N-dealkylation sites (N-methyl/N-ethyl adjacent to an activating group) is 1. The number of nitrogens with one attached hydrogen (secondary N) is 2. The van der Waals surface area contributed by atoms with Crippen molar-refractivity contribution in [1.82, 2.24) is 15.5 Å². The molecule has 1 aliphatic heterocycles. The molecule has 1 aliphatic rings. The average Bonchev–Trinajstić information content (AvgIpc) is 2.43. The fraction of sp³-hybridized carbons (Fsp3) is 0.500. The summed E-state index contributed by atoms with van der Waals surface area (Å²) in [6, 6.07) is -1.31. The molecule has 0 aromatic heterocycles. The number of carbonyl (C=O) groups excluding carboxylic acids is 3. The Morgan fingerprint density at radius 2 is 2.12 bits per heavy atom. The molecule has 0 aromatic rings. The summed E-state index contributed by atoms with van der Waals surface area (Å²) in [6.07, 6.45) is -0.0264. The Bertz CT molecular complexity index is 351. The molecule has 0 aromatic carbocycles. The number of urea groups is 1. The van der Waals surface area contributed by atoms with Gasteiger partial charge in [-0.2, -0.15) is 0 Å². The van der Waals surface area contributed by atoms with Crippen molar-refractivity contribution in [1.29, 1.82) is 0 Å². The van der Waals surface area contributed by atoms with E-state index in [2.05, 4.69) is 17.2 Å². The van der Waals surface area contributed by atoms with Crippen molar-refractivity contribution in [3.63, 3.8) is 0 Å². The first-order valence-electron chi connectivity index (χ1n) is 4.90. The normalized spacial score (nSPS) is 19.0. The molecule has 2 N–H and O–H groups in total. The van der Waals surface area contributed by atoms with Gasteiger partial charge in [0, 0.05) is 13.6 Å². The minimum Gasteiger partial charge on any atom is -0.342 e. The summed E-state index contributed by atoms with van der Waals surface area (Å²) in [5, 5.41) is 4.45. The molecule has 6 nitrogen and oxygen atoms in total. The third kappa shape index (κ3) is 3.08. The lowest BCUT2D eigenvalue weighted by Gasteiger charge is -2.18. The third-order valence-corrected chi connectivity index (χ3v) is 2.17. The lowest BCUT2D eigenvalue weighted by Crippen LogP contribution is -2.37. The summed E-state index contributed by atoms with van der Waals surface area (Å²) in [7, 11) is 1.63. The fourth-order valence-electron chi connectivity index (χ4n) is 1.43. The molecule has 1 rings (SSSR count). The first kappa shape index (κ1) is 12.2. The third-order valence-electron chi connectivity index (χ3n) is 2.17. The van der Waals surface area contributed by atoms with Crippen molar-refractivity contribution >= 4 is 17.8 Å². The molecule has 1 heterocycles. The van der Waals surface area contributed by atoms with E-state index in [0.29, 0.717) is 6.54 Å². The van der Waals surface area contributed by atoms with Crippen molar-refractivity contribution < 1.29 is 14.4 Å². The van der Waals surface area contributed by atoms with Gasteiger partial charge in [-0.15, -0.1) is 0 Å². The van der Waals surface area contributed by atoms with Crippen LogP contribution in [-0.2, 0) is 9.59 Å². The summed E-state index contributed by atoms with van der Waals surface area (Å²) in [5.41, 5.74) is 0.857. The molecule has 0 bridgehead atoms. The number of amides is 4. The van der Waals surface area contributed by atoms with Gasteiger partial charge < -0.3 is 10.2 Å². The van der Waals surface area contributed by atoms with Crippen LogP contribution in [0.5, 0.6) is 0 Å². The maximum absolute atomic E-state index is 11.6. The Morgan fingerprint density at radius 3 is 2.56 bits per heavy atom. The van der Waals surface area contributed by atoms with Gasteiger partial charge in [0.15, 0.2) is 0 Å². The first-order chi connectivity index (χ1) is 7.40. The highest BCUT2D eigenvalue weighted by atomic mass is 16.2. The number of hydrogen-bond donors (Lipinski definition) is 2. The van der Waals surface area contributed by atoms with Crippen molar-refractivity contribution in [2.45, 2.75) is 19.4 Å². The van der Waals surface area contributed by atoms with Crippen LogP contribution in [0.4, 0.5) is 4.79 Å². The molecule has 1 fully saturated rings. The molecule has 0 spiro atoms. The first-order valence-corrected chi connectivity index (χ1v) is 4.90. The van der Waals surface area contributed by atoms with Crippen LogP contribution in [0.1, 0.15) is 13.3 Å². The Balaban J connectivity index is 2.48. The molecule has 16 heavy (non-hydrogen) atoms. The minimum atomic E-state index is -0.757. The highest BCUT2D eigenvalue weighted by Gasteiger charge is 2.31. The zero-order valence-corrected chi connectivity index (χ0v) is 9.37. The number of rotatable bonds is 4. The zero-order valence-electron chi connectivity index (χ0n) is 9.37. The van der Waals surface area contributed by atoms with Crippen LogP contribution in [0.15, 0.2) is 12.2 Å². The van der Waals surface area contributed by atoms with E-state index in [1.54, 1.807) is 7.05 Å². The van der Waals surface area contributed by atoms with Crippen LogP contribution in [0.25, 0.3) is 0 Å². The molecule has 88 valence electrons. The fourth-order valence-corrected chi connectivity index (χ4v) is 1.43. The van der Waals surface area contributed by atoms with E-state index in [1.165, 1.54) is 4.90 Å². The molecule has 0 radical (unpaired) electrons. The average molecular weight is 225 g/mol. The predicted octanol–water partition coefficient (Wildman–Crippen LogP) is -0.381. The van der Waals surface area contributed by atoms with Crippen LogP contribution in [0, 0.1) is 0 Å². The van der Waals surface area contributed by atoms with Gasteiger partial charge in [0.25, 0.3) is 5.91 Å². The minimum absolute atomic E-state index is 0.0264. The van der Waals surface area contributed by atoms with Crippen molar-refractivity contribution in [3.05, 3.63) is 12.2 Å². The van der Waals surface area contributed by atoms with E-state index in [9.17, 15) is 14.4 Å². The second kappa shape index (κ2) is 4.78. The Hall–Kier alpha value is -1.85. The summed E-state index contributed by atoms with van der Waals surface area (Å²) in [4.78, 5) is 35.1. The zero-order chi connectivity index (χ0) is 12.3. The monoisotopic (exact) mass is 225 g/mol. The summed E-state index contributed by atoms with van der Waals surface area (Å²) < 4.78 is 0. The topological polar surface area (TPSA) is 78.5 Å². The molecule has 6 heteroatoms. The highest BCUT2D eigenvalue weighted by molar-refractivity contribution is 6.05. The quantitative estimate of drug-likeness (QED) is 0.505. The Kier molecular flexibility index (Phi) is 3.65. The predicted molar refractivity (Wildman–Crippen MR) is 57.5 cm³/mol. The van der Waals surface area contributed by atoms with Crippen LogP contribution in [0.3, 0.4) is 0 Å². The maximum atomic E-state index is 11.6. The van der Waals surface area contributed by atoms with Gasteiger partial charge in [-0.3, -0.25) is 14.9 Å². The number of hydrogen-bond acceptors (Lipinski definition) is 3. The lowest BCUT2D eigenvalue weighted by molar-refractivity contribution is -0.132. The highest BCUT2D eigenvalue weighted by Crippen LogP contribution is 2.03. The Labute approximate surface area is 93.7 Å². The molecule has 1 saturated heterocycles. The Morgan fingerprint density at radius 1 is 1.50 bits per heavy atom. The van der Waals surface area contributed by atoms with Crippen molar-refractivity contribution in [2.75, 3.05) is 13.6 Å². The maximum Gasteiger partial charge on any atom is 0.322 e. The molecule has 0 aliphatic carbocycles. The summed E-state index contributed by atoms with van der Waals surface area (Å²) >= 11 is 0. The van der Waals surface area contributed by atoms with Gasteiger partial charge in [-0.05, 0) is 6.92 Å². The van der Waals surface area contributed by atoms with Crippen LogP contribution in [-0.4, -0.2) is 42.4 Å². The summed E-state index contributed by atoms with van der Waals surface area (Å²) in [6.45, 7) is 5.95. The second-order valence-corrected chi connectivity index (χ2v) is 3.93. The molecular weight excluding hydrogens is 210 g/mol. The number of carbonyl (C=O) groups is 3. The van der Waals surface area contributed by atoms with Crippen LogP contribution < -0.4 is 10.6 Å². The SMILES string of the molecule is C=C(C)CN(C)C(=O)C[C@@H]1NC(=O)NC1=O. The van der Waals surface area contributed by atoms with Gasteiger partial charge in [0.05, 0.1) is 6.42 Å². The van der Waals surface area contributed by atoms with Gasteiger partial charge in [-0.25, -0.2) is 4.79 Å². The molecule has 0 saturated carbocycles. The number of imide groups is 1.